The number of nitrogen functional groups attached to an aromatic ring is 1. The van der Waals surface area contributed by atoms with Crippen LogP contribution in [0, 0.1) is 0 Å². The highest BCUT2D eigenvalue weighted by atomic mass is 16.5. The molecule has 5 heteroatoms. The molecule has 0 aromatic carbocycles. The molecule has 5 nitrogen and oxygen atoms in total. The highest BCUT2D eigenvalue weighted by Gasteiger charge is 2.03. The Morgan fingerprint density at radius 3 is 3.08 bits per heavy atom. The van der Waals surface area contributed by atoms with E-state index < -0.39 is 0 Å². The number of carbonyl (C=O) groups is 1. The van der Waals surface area contributed by atoms with Gasteiger partial charge in [0.15, 0.2) is 5.95 Å². The Balaban J connectivity index is 2.30. The Kier molecular flexibility index (Phi) is 3.31. The summed E-state index contributed by atoms with van der Waals surface area (Å²) in [5, 5.41) is 0. The van der Waals surface area contributed by atoms with E-state index in [0.717, 1.165) is 5.69 Å². The first-order chi connectivity index (χ1) is 6.22. The molecule has 0 saturated heterocycles. The van der Waals surface area contributed by atoms with Crippen LogP contribution in [0.3, 0.4) is 0 Å². The molecule has 3 N–H and O–H groups in total. The van der Waals surface area contributed by atoms with Crippen LogP contribution in [0.2, 0.25) is 0 Å². The SMILES string of the molecule is CCOC(=O)CCc1cnc(N)[nH]1. The minimum Gasteiger partial charge on any atom is -0.466 e. The molecule has 0 spiro atoms. The van der Waals surface area contributed by atoms with Gasteiger partial charge in [0.25, 0.3) is 0 Å². The van der Waals surface area contributed by atoms with Gasteiger partial charge in [-0.3, -0.25) is 4.79 Å². The van der Waals surface area contributed by atoms with Gasteiger partial charge in [-0.1, -0.05) is 0 Å². The maximum Gasteiger partial charge on any atom is 0.306 e. The lowest BCUT2D eigenvalue weighted by atomic mass is 10.2. The number of nitrogens with one attached hydrogen (secondary N) is 1. The van der Waals surface area contributed by atoms with Crippen molar-refractivity contribution in [2.24, 2.45) is 0 Å². The number of aromatic amines is 1. The van der Waals surface area contributed by atoms with Gasteiger partial charge in [0.05, 0.1) is 19.2 Å². The number of anilines is 1. The van der Waals surface area contributed by atoms with Gasteiger partial charge in [-0.25, -0.2) is 4.98 Å². The largest absolute Gasteiger partial charge is 0.466 e. The Morgan fingerprint density at radius 2 is 2.54 bits per heavy atom. The third-order valence-electron chi connectivity index (χ3n) is 1.55. The average Bonchev–Trinajstić information content (AvgIpc) is 2.49. The van der Waals surface area contributed by atoms with E-state index >= 15 is 0 Å². The first-order valence-electron chi connectivity index (χ1n) is 4.17. The van der Waals surface area contributed by atoms with E-state index in [-0.39, 0.29) is 5.97 Å². The molecule has 0 fully saturated rings. The van der Waals surface area contributed by atoms with Gasteiger partial charge in [0.1, 0.15) is 0 Å². The molecule has 0 atom stereocenters. The van der Waals surface area contributed by atoms with E-state index in [2.05, 4.69) is 9.97 Å². The second-order valence-corrected chi connectivity index (χ2v) is 2.60. The third kappa shape index (κ3) is 3.14. The molecule has 0 unspecified atom stereocenters. The second-order valence-electron chi connectivity index (χ2n) is 2.60. The molecule has 0 saturated carbocycles. The number of esters is 1. The summed E-state index contributed by atoms with van der Waals surface area (Å²) < 4.78 is 4.77. The fourth-order valence-electron chi connectivity index (χ4n) is 0.973. The van der Waals surface area contributed by atoms with Gasteiger partial charge < -0.3 is 15.5 Å². The lowest BCUT2D eigenvalue weighted by Crippen LogP contribution is -2.05. The Bertz CT molecular complexity index is 283. The zero-order valence-corrected chi connectivity index (χ0v) is 7.54. The van der Waals surface area contributed by atoms with Crippen LogP contribution >= 0.6 is 0 Å². The van der Waals surface area contributed by atoms with Gasteiger partial charge in [0, 0.05) is 5.69 Å². The highest BCUT2D eigenvalue weighted by molar-refractivity contribution is 5.69. The van der Waals surface area contributed by atoms with Crippen molar-refractivity contribution in [1.82, 2.24) is 9.97 Å². The summed E-state index contributed by atoms with van der Waals surface area (Å²) in [5.74, 6) is 0.175. The number of rotatable bonds is 4. The summed E-state index contributed by atoms with van der Waals surface area (Å²) in [6, 6.07) is 0. The highest BCUT2D eigenvalue weighted by Crippen LogP contribution is 2.02. The predicted octanol–water partition coefficient (Wildman–Crippen LogP) is 0.488. The molecule has 1 rings (SSSR count). The maximum atomic E-state index is 10.9. The number of imidazole rings is 1. The summed E-state index contributed by atoms with van der Waals surface area (Å²) in [7, 11) is 0. The number of nitrogens with zero attached hydrogens (tertiary/aromatic N) is 1. The summed E-state index contributed by atoms with van der Waals surface area (Å²) in [6.45, 7) is 2.20. The number of hydrogen-bond acceptors (Lipinski definition) is 4. The predicted molar refractivity (Wildman–Crippen MR) is 48.0 cm³/mol. The number of hydrogen-bond donors (Lipinski definition) is 2. The average molecular weight is 183 g/mol. The summed E-state index contributed by atoms with van der Waals surface area (Å²) in [6.07, 6.45) is 2.56. The topological polar surface area (TPSA) is 81.0 Å². The van der Waals surface area contributed by atoms with Crippen LogP contribution in [0.15, 0.2) is 6.20 Å². The van der Waals surface area contributed by atoms with Crippen molar-refractivity contribution in [3.8, 4) is 0 Å². The molecule has 1 aromatic heterocycles. The van der Waals surface area contributed by atoms with Gasteiger partial charge in [-0.15, -0.1) is 0 Å². The molecule has 0 aliphatic heterocycles. The summed E-state index contributed by atoms with van der Waals surface area (Å²) in [4.78, 5) is 17.6. The lowest BCUT2D eigenvalue weighted by Gasteiger charge is -1.99. The van der Waals surface area contributed by atoms with Crippen LogP contribution in [-0.4, -0.2) is 22.5 Å². The molecule has 72 valence electrons. The Hall–Kier alpha value is -1.52. The molecule has 0 aliphatic carbocycles. The van der Waals surface area contributed by atoms with Crippen molar-refractivity contribution in [2.75, 3.05) is 12.3 Å². The van der Waals surface area contributed by atoms with E-state index in [1.165, 1.54) is 0 Å². The second kappa shape index (κ2) is 4.49. The Morgan fingerprint density at radius 1 is 1.77 bits per heavy atom. The van der Waals surface area contributed by atoms with E-state index in [1.807, 2.05) is 0 Å². The molecule has 0 amide bonds. The first-order valence-corrected chi connectivity index (χ1v) is 4.17. The molecule has 13 heavy (non-hydrogen) atoms. The molecule has 1 aromatic rings. The van der Waals surface area contributed by atoms with Gasteiger partial charge >= 0.3 is 5.97 Å². The standard InChI is InChI=1S/C8H13N3O2/c1-2-13-7(12)4-3-6-5-10-8(9)11-6/h5H,2-4H2,1H3,(H3,9,10,11). The number of H-pyrrole nitrogens is 1. The normalized spacial score (nSPS) is 9.92. The van der Waals surface area contributed by atoms with Crippen molar-refractivity contribution in [1.29, 1.82) is 0 Å². The summed E-state index contributed by atoms with van der Waals surface area (Å²) >= 11 is 0. The van der Waals surface area contributed by atoms with Gasteiger partial charge in [-0.2, -0.15) is 0 Å². The molecule has 0 aliphatic rings. The first kappa shape index (κ1) is 9.57. The van der Waals surface area contributed by atoms with Gasteiger partial charge in [0.2, 0.25) is 0 Å². The number of aryl methyl sites for hydroxylation is 1. The van der Waals surface area contributed by atoms with Crippen LogP contribution in [0.1, 0.15) is 19.0 Å². The van der Waals surface area contributed by atoms with Crippen LogP contribution in [0.5, 0.6) is 0 Å². The minimum absolute atomic E-state index is 0.198. The number of carbonyl (C=O) groups excluding carboxylic acids is 1. The van der Waals surface area contributed by atoms with Crippen LogP contribution < -0.4 is 5.73 Å². The van der Waals surface area contributed by atoms with Crippen molar-refractivity contribution in [3.63, 3.8) is 0 Å². The number of ether oxygens (including phenoxy) is 1. The Labute approximate surface area is 76.3 Å². The fraction of sp³-hybridized carbons (Fsp3) is 0.500. The van der Waals surface area contributed by atoms with Crippen molar-refractivity contribution in [3.05, 3.63) is 11.9 Å². The zero-order chi connectivity index (χ0) is 9.68. The van der Waals surface area contributed by atoms with E-state index in [9.17, 15) is 4.79 Å². The van der Waals surface area contributed by atoms with Crippen molar-refractivity contribution in [2.45, 2.75) is 19.8 Å². The molecule has 1 heterocycles. The summed E-state index contributed by atoms with van der Waals surface area (Å²) in [5.41, 5.74) is 6.21. The maximum absolute atomic E-state index is 10.9. The third-order valence-corrected chi connectivity index (χ3v) is 1.55. The van der Waals surface area contributed by atoms with Gasteiger partial charge in [-0.05, 0) is 13.3 Å². The molecule has 0 radical (unpaired) electrons. The molecular formula is C8H13N3O2. The zero-order valence-electron chi connectivity index (χ0n) is 7.54. The van der Waals surface area contributed by atoms with E-state index in [4.69, 9.17) is 10.5 Å². The lowest BCUT2D eigenvalue weighted by molar-refractivity contribution is -0.143. The quantitative estimate of drug-likeness (QED) is 0.665. The van der Waals surface area contributed by atoms with Crippen LogP contribution in [0.25, 0.3) is 0 Å². The minimum atomic E-state index is -0.198. The smallest absolute Gasteiger partial charge is 0.306 e. The van der Waals surface area contributed by atoms with Crippen molar-refractivity contribution < 1.29 is 9.53 Å². The number of nitrogens with two attached hydrogens (primary N) is 1. The molecule has 0 bridgehead atoms. The van der Waals surface area contributed by atoms with Crippen LogP contribution in [0.4, 0.5) is 5.95 Å². The van der Waals surface area contributed by atoms with E-state index in [0.29, 0.717) is 25.4 Å². The van der Waals surface area contributed by atoms with E-state index in [1.54, 1.807) is 13.1 Å². The van der Waals surface area contributed by atoms with Crippen LogP contribution in [-0.2, 0) is 16.0 Å². The van der Waals surface area contributed by atoms with Crippen molar-refractivity contribution >= 4 is 11.9 Å². The monoisotopic (exact) mass is 183 g/mol. The molecular weight excluding hydrogens is 170 g/mol. The fourth-order valence-corrected chi connectivity index (χ4v) is 0.973. The number of aromatic nitrogens is 2.